The van der Waals surface area contributed by atoms with Crippen LogP contribution in [0.5, 0.6) is 5.75 Å². The molecule has 2 atom stereocenters. The molecule has 2 aromatic carbocycles. The molecule has 0 amide bonds. The zero-order valence-electron chi connectivity index (χ0n) is 18.0. The summed E-state index contributed by atoms with van der Waals surface area (Å²) in [6, 6.07) is 17.2. The predicted octanol–water partition coefficient (Wildman–Crippen LogP) is 3.00. The van der Waals surface area contributed by atoms with Crippen LogP contribution in [-0.4, -0.2) is 53.0 Å². The Balaban J connectivity index is 0.00000153. The maximum Gasteiger partial charge on any atom is 0.212 e. The van der Waals surface area contributed by atoms with Crippen LogP contribution in [-0.2, 0) is 16.4 Å². The van der Waals surface area contributed by atoms with Gasteiger partial charge in [0.25, 0.3) is 0 Å². The molecular formula is C24H35N3O3S. The first-order valence-electron chi connectivity index (χ1n) is 11.2. The van der Waals surface area contributed by atoms with Gasteiger partial charge in [-0.1, -0.05) is 30.3 Å². The van der Waals surface area contributed by atoms with E-state index in [-0.39, 0.29) is 20.7 Å². The molecule has 1 aliphatic carbocycles. The molecule has 5 rings (SSSR count). The van der Waals surface area contributed by atoms with Crippen molar-refractivity contribution in [2.45, 2.75) is 37.3 Å². The first-order chi connectivity index (χ1) is 15.0. The number of hydrogen-bond donors (Lipinski definition) is 2. The highest BCUT2D eigenvalue weighted by Gasteiger charge is 2.35. The van der Waals surface area contributed by atoms with Crippen LogP contribution in [0, 0.1) is 5.92 Å². The monoisotopic (exact) mass is 445 g/mol. The minimum atomic E-state index is -3.16. The second-order valence-electron chi connectivity index (χ2n) is 9.17. The second kappa shape index (κ2) is 8.45. The maximum absolute atomic E-state index is 12.3. The number of fused-ring (bicyclic) bond motifs is 1. The van der Waals surface area contributed by atoms with Gasteiger partial charge in [0.15, 0.2) is 0 Å². The van der Waals surface area contributed by atoms with Crippen molar-refractivity contribution in [2.75, 3.05) is 37.4 Å². The van der Waals surface area contributed by atoms with Crippen LogP contribution in [0.3, 0.4) is 0 Å². The summed E-state index contributed by atoms with van der Waals surface area (Å²) in [5, 5.41) is 3.43. The van der Waals surface area contributed by atoms with E-state index in [1.807, 2.05) is 13.1 Å². The molecule has 6 nitrogen and oxygen atoms in total. The molecule has 2 aromatic rings. The average molecular weight is 446 g/mol. The molecule has 170 valence electrons. The van der Waals surface area contributed by atoms with Gasteiger partial charge in [0, 0.05) is 39.2 Å². The van der Waals surface area contributed by atoms with Crippen molar-refractivity contribution in [1.82, 2.24) is 10.0 Å². The Hall–Kier alpha value is -2.09. The van der Waals surface area contributed by atoms with Crippen LogP contribution in [0.25, 0.3) is 0 Å². The highest BCUT2D eigenvalue weighted by molar-refractivity contribution is 7.89. The molecule has 1 saturated carbocycles. The largest absolute Gasteiger partial charge is 0.492 e. The number of hydrogen-bond acceptors (Lipinski definition) is 5. The zero-order chi connectivity index (χ0) is 21.4. The summed E-state index contributed by atoms with van der Waals surface area (Å²) in [6.45, 7) is 2.08. The zero-order valence-corrected chi connectivity index (χ0v) is 18.8. The average Bonchev–Trinajstić information content (AvgIpc) is 3.54. The van der Waals surface area contributed by atoms with E-state index in [1.54, 1.807) is 0 Å². The number of benzene rings is 2. The van der Waals surface area contributed by atoms with E-state index in [0.29, 0.717) is 31.5 Å². The van der Waals surface area contributed by atoms with E-state index in [1.165, 1.54) is 11.1 Å². The van der Waals surface area contributed by atoms with Crippen molar-refractivity contribution in [3.05, 3.63) is 59.7 Å². The summed E-state index contributed by atoms with van der Waals surface area (Å²) in [6.07, 6.45) is 3.05. The molecule has 0 aromatic heterocycles. The van der Waals surface area contributed by atoms with E-state index in [4.69, 9.17) is 4.74 Å². The van der Waals surface area contributed by atoms with E-state index >= 15 is 0 Å². The summed E-state index contributed by atoms with van der Waals surface area (Å²) >= 11 is 0. The summed E-state index contributed by atoms with van der Waals surface area (Å²) in [5.41, 5.74) is 3.68. The van der Waals surface area contributed by atoms with Crippen LogP contribution in [0.1, 0.15) is 32.7 Å². The van der Waals surface area contributed by atoms with Crippen LogP contribution in [0.4, 0.5) is 5.69 Å². The molecule has 2 N–H and O–H groups in total. The number of sulfonamides is 1. The topological polar surface area (TPSA) is 70.7 Å². The van der Waals surface area contributed by atoms with Crippen LogP contribution in [0.15, 0.2) is 48.5 Å². The Morgan fingerprint density at radius 1 is 1.13 bits per heavy atom. The lowest BCUT2D eigenvalue weighted by molar-refractivity contribution is 0.219. The number of ether oxygens (including phenoxy) is 1. The molecule has 2 heterocycles. The Labute approximate surface area is 188 Å². The van der Waals surface area contributed by atoms with Crippen LogP contribution >= 0.6 is 0 Å². The third-order valence-corrected chi connectivity index (χ3v) is 8.31. The Bertz CT molecular complexity index is 1030. The van der Waals surface area contributed by atoms with Gasteiger partial charge in [0.05, 0.1) is 11.8 Å². The molecule has 0 spiro atoms. The molecule has 2 aliphatic heterocycles. The lowest BCUT2D eigenvalue weighted by Crippen LogP contribution is -2.59. The van der Waals surface area contributed by atoms with E-state index < -0.39 is 10.0 Å². The van der Waals surface area contributed by atoms with Crippen molar-refractivity contribution >= 4 is 15.7 Å². The smallest absolute Gasteiger partial charge is 0.212 e. The highest BCUT2D eigenvalue weighted by Crippen LogP contribution is 2.39. The first kappa shape index (κ1) is 20.8. The van der Waals surface area contributed by atoms with E-state index in [2.05, 4.69) is 57.4 Å². The summed E-state index contributed by atoms with van der Waals surface area (Å²) < 4.78 is 33.4. The van der Waals surface area contributed by atoms with E-state index in [0.717, 1.165) is 30.7 Å². The quantitative estimate of drug-likeness (QED) is 0.654. The van der Waals surface area contributed by atoms with Gasteiger partial charge in [-0.3, -0.25) is 0 Å². The number of likely N-dealkylation sites (N-methyl/N-ethyl adjacent to an activating group) is 1. The van der Waals surface area contributed by atoms with Gasteiger partial charge in [-0.15, -0.1) is 0 Å². The summed E-state index contributed by atoms with van der Waals surface area (Å²) in [5.74, 6) is 1.94. The molecule has 2 fully saturated rings. The molecule has 0 radical (unpaired) electrons. The van der Waals surface area contributed by atoms with Gasteiger partial charge in [-0.05, 0) is 56.0 Å². The van der Waals surface area contributed by atoms with Gasteiger partial charge < -0.3 is 15.0 Å². The Morgan fingerprint density at radius 2 is 1.90 bits per heavy atom. The molecule has 0 bridgehead atoms. The first-order valence-corrected chi connectivity index (χ1v) is 12.9. The molecule has 3 aliphatic rings. The molecule has 1 saturated heterocycles. The van der Waals surface area contributed by atoms with Crippen molar-refractivity contribution in [1.29, 1.82) is 0 Å². The highest BCUT2D eigenvalue weighted by atomic mass is 32.2. The second-order valence-corrected chi connectivity index (χ2v) is 11.0. The SMILES string of the molecule is CNC1COc2ccc(N3CC(NS(=O)(=O)CC4CC4)C3)cc2C1Cc1ccccc1.[HH].[HH]. The number of rotatable bonds is 8. The number of anilines is 1. The number of nitrogens with zero attached hydrogens (tertiary/aromatic N) is 1. The summed E-state index contributed by atoms with van der Waals surface area (Å²) in [7, 11) is -1.16. The fraction of sp³-hybridized carbons (Fsp3) is 0.500. The van der Waals surface area contributed by atoms with Gasteiger partial charge in [0.2, 0.25) is 10.0 Å². The Kier molecular flexibility index (Phi) is 5.67. The molecule has 2 unspecified atom stereocenters. The normalized spacial score (nSPS) is 23.7. The fourth-order valence-electron chi connectivity index (χ4n) is 4.73. The fourth-order valence-corrected chi connectivity index (χ4v) is 6.44. The van der Waals surface area contributed by atoms with Crippen molar-refractivity contribution in [3.63, 3.8) is 0 Å². The Morgan fingerprint density at radius 3 is 2.61 bits per heavy atom. The third kappa shape index (κ3) is 4.73. The van der Waals surface area contributed by atoms with Gasteiger partial charge in [-0.2, -0.15) is 0 Å². The minimum absolute atomic E-state index is 0. The van der Waals surface area contributed by atoms with Gasteiger partial charge in [-0.25, -0.2) is 13.1 Å². The minimum Gasteiger partial charge on any atom is -0.492 e. The molecule has 31 heavy (non-hydrogen) atoms. The van der Waals surface area contributed by atoms with Crippen LogP contribution in [0.2, 0.25) is 0 Å². The van der Waals surface area contributed by atoms with Crippen molar-refractivity contribution < 1.29 is 16.0 Å². The lowest BCUT2D eigenvalue weighted by Gasteiger charge is -2.42. The molecule has 7 heteroatoms. The van der Waals surface area contributed by atoms with Crippen LogP contribution < -0.4 is 19.7 Å². The molecular weight excluding hydrogens is 410 g/mol. The standard InChI is InChI=1S/C24H31N3O3S.2H2/c1-25-23-15-30-24-10-9-20(12-22(24)21(23)11-17-5-3-2-4-6-17)27-13-19(14-27)26-31(28,29)16-18-7-8-18;;/h2-6,9-10,12,18-19,21,23,25-26H,7-8,11,13-16H2,1H3;2*1H. The third-order valence-electron chi connectivity index (χ3n) is 6.71. The van der Waals surface area contributed by atoms with Gasteiger partial charge >= 0.3 is 0 Å². The predicted molar refractivity (Wildman–Crippen MR) is 128 cm³/mol. The van der Waals surface area contributed by atoms with E-state index in [9.17, 15) is 8.42 Å². The van der Waals surface area contributed by atoms with Crippen molar-refractivity contribution in [2.24, 2.45) is 5.92 Å². The van der Waals surface area contributed by atoms with Gasteiger partial charge in [0.1, 0.15) is 12.4 Å². The maximum atomic E-state index is 12.3. The lowest BCUT2D eigenvalue weighted by atomic mass is 9.83. The van der Waals surface area contributed by atoms with Crippen molar-refractivity contribution in [3.8, 4) is 5.75 Å². The number of nitrogens with one attached hydrogen (secondary N) is 2. The summed E-state index contributed by atoms with van der Waals surface area (Å²) in [4.78, 5) is 2.24.